The third-order valence-electron chi connectivity index (χ3n) is 3.94. The van der Waals surface area contributed by atoms with Gasteiger partial charge in [0.2, 0.25) is 5.88 Å². The fourth-order valence-corrected chi connectivity index (χ4v) is 2.48. The van der Waals surface area contributed by atoms with Gasteiger partial charge in [0.05, 0.1) is 11.1 Å². The van der Waals surface area contributed by atoms with Crippen molar-refractivity contribution in [2.24, 2.45) is 0 Å². The molecular formula is C19H15F4N3O4. The van der Waals surface area contributed by atoms with Gasteiger partial charge >= 0.3 is 6.18 Å². The molecule has 3 aromatic rings. The molecule has 7 nitrogen and oxygen atoms in total. The summed E-state index contributed by atoms with van der Waals surface area (Å²) < 4.78 is 60.2. The molecule has 0 aliphatic carbocycles. The number of halogens is 4. The first-order valence-corrected chi connectivity index (χ1v) is 8.55. The van der Waals surface area contributed by atoms with Crippen molar-refractivity contribution < 1.29 is 36.7 Å². The van der Waals surface area contributed by atoms with E-state index in [2.05, 4.69) is 10.1 Å². The van der Waals surface area contributed by atoms with Crippen molar-refractivity contribution in [1.82, 2.24) is 15.5 Å². The van der Waals surface area contributed by atoms with Crippen LogP contribution in [0, 0.1) is 5.82 Å². The molecule has 0 saturated heterocycles. The lowest BCUT2D eigenvalue weighted by atomic mass is 10.1. The highest BCUT2D eigenvalue weighted by molar-refractivity contribution is 5.93. The zero-order chi connectivity index (χ0) is 21.7. The van der Waals surface area contributed by atoms with Gasteiger partial charge < -0.3 is 19.7 Å². The third-order valence-corrected chi connectivity index (χ3v) is 3.94. The molecule has 0 aliphatic rings. The van der Waals surface area contributed by atoms with Gasteiger partial charge in [-0.05, 0) is 30.3 Å². The van der Waals surface area contributed by atoms with Gasteiger partial charge in [-0.15, -0.1) is 0 Å². The first-order chi connectivity index (χ1) is 14.3. The van der Waals surface area contributed by atoms with Crippen LogP contribution >= 0.6 is 0 Å². The molecule has 11 heteroatoms. The summed E-state index contributed by atoms with van der Waals surface area (Å²) in [5, 5.41) is 15.0. The van der Waals surface area contributed by atoms with Crippen molar-refractivity contribution in [3.63, 3.8) is 0 Å². The van der Waals surface area contributed by atoms with Gasteiger partial charge in [-0.3, -0.25) is 4.79 Å². The molecule has 0 fully saturated rings. The smallest absolute Gasteiger partial charge is 0.405 e. The minimum absolute atomic E-state index is 0.0698. The topological polar surface area (TPSA) is 97.5 Å². The van der Waals surface area contributed by atoms with Crippen LogP contribution in [-0.2, 0) is 13.2 Å². The van der Waals surface area contributed by atoms with E-state index in [1.54, 1.807) is 5.32 Å². The van der Waals surface area contributed by atoms with E-state index < -0.39 is 31.1 Å². The minimum atomic E-state index is -4.52. The fourth-order valence-electron chi connectivity index (χ4n) is 2.48. The first-order valence-electron chi connectivity index (χ1n) is 8.55. The van der Waals surface area contributed by atoms with Gasteiger partial charge in [0, 0.05) is 17.8 Å². The van der Waals surface area contributed by atoms with E-state index in [4.69, 9.17) is 9.26 Å². The Kier molecular flexibility index (Phi) is 6.31. The number of benzene rings is 1. The molecule has 2 heterocycles. The molecule has 3 rings (SSSR count). The number of hydrogen-bond donors (Lipinski definition) is 2. The van der Waals surface area contributed by atoms with Crippen molar-refractivity contribution in [3.8, 4) is 17.1 Å². The lowest BCUT2D eigenvalue weighted by molar-refractivity contribution is -0.123. The highest BCUT2D eigenvalue weighted by Gasteiger charge is 2.28. The molecular weight excluding hydrogens is 410 g/mol. The summed E-state index contributed by atoms with van der Waals surface area (Å²) in [7, 11) is 0. The number of nitrogens with one attached hydrogen (secondary N) is 1. The van der Waals surface area contributed by atoms with Crippen LogP contribution in [0.5, 0.6) is 5.88 Å². The zero-order valence-electron chi connectivity index (χ0n) is 15.2. The van der Waals surface area contributed by atoms with E-state index in [1.165, 1.54) is 36.4 Å². The maximum atomic E-state index is 13.1. The molecule has 0 bridgehead atoms. The van der Waals surface area contributed by atoms with Gasteiger partial charge in [-0.25, -0.2) is 9.37 Å². The highest BCUT2D eigenvalue weighted by Crippen LogP contribution is 2.27. The summed E-state index contributed by atoms with van der Waals surface area (Å²) in [6, 6.07) is 8.05. The molecule has 30 heavy (non-hydrogen) atoms. The number of alkyl halides is 3. The van der Waals surface area contributed by atoms with E-state index in [9.17, 15) is 27.5 Å². The van der Waals surface area contributed by atoms with Crippen LogP contribution in [0.3, 0.4) is 0 Å². The number of amides is 1. The van der Waals surface area contributed by atoms with Crippen LogP contribution in [-0.4, -0.2) is 33.9 Å². The van der Waals surface area contributed by atoms with Crippen LogP contribution in [0.1, 0.15) is 21.7 Å². The molecule has 1 aromatic carbocycles. The van der Waals surface area contributed by atoms with E-state index in [1.807, 2.05) is 0 Å². The Labute approximate surface area is 167 Å². The number of aromatic nitrogens is 2. The number of ether oxygens (including phenoxy) is 1. The Hall–Kier alpha value is -3.47. The van der Waals surface area contributed by atoms with E-state index in [-0.39, 0.29) is 23.8 Å². The first kappa shape index (κ1) is 21.2. The van der Waals surface area contributed by atoms with Crippen molar-refractivity contribution >= 4 is 5.91 Å². The maximum absolute atomic E-state index is 13.1. The summed E-state index contributed by atoms with van der Waals surface area (Å²) >= 11 is 0. The molecule has 0 aliphatic heterocycles. The second-order valence-corrected chi connectivity index (χ2v) is 6.07. The lowest BCUT2D eigenvalue weighted by Gasteiger charge is -2.09. The Morgan fingerprint density at radius 3 is 2.50 bits per heavy atom. The number of hydrogen-bond acceptors (Lipinski definition) is 6. The molecule has 0 radical (unpaired) electrons. The van der Waals surface area contributed by atoms with Gasteiger partial charge in [0.25, 0.3) is 5.91 Å². The number of aliphatic hydroxyl groups excluding tert-OH is 1. The molecule has 0 saturated carbocycles. The monoisotopic (exact) mass is 425 g/mol. The quantitative estimate of drug-likeness (QED) is 0.564. The SMILES string of the molecule is O=C(NCC(F)(F)F)c1ccc(OCc2c(-c3ccc(F)cc3)noc2CO)nc1. The molecule has 158 valence electrons. The van der Waals surface area contributed by atoms with Crippen molar-refractivity contribution in [2.45, 2.75) is 19.4 Å². The molecule has 0 unspecified atom stereocenters. The summed E-state index contributed by atoms with van der Waals surface area (Å²) in [4.78, 5) is 15.6. The molecule has 0 spiro atoms. The predicted octanol–water partition coefficient (Wildman–Crippen LogP) is 3.24. The summed E-state index contributed by atoms with van der Waals surface area (Å²) in [5.74, 6) is -1.12. The second kappa shape index (κ2) is 8.91. The van der Waals surface area contributed by atoms with Crippen molar-refractivity contribution in [3.05, 3.63) is 65.3 Å². The van der Waals surface area contributed by atoms with Gasteiger partial charge in [0.1, 0.15) is 31.3 Å². The number of pyridine rings is 1. The van der Waals surface area contributed by atoms with Crippen LogP contribution in [0.15, 0.2) is 47.1 Å². The molecule has 2 N–H and O–H groups in total. The Bertz CT molecular complexity index is 1000. The Morgan fingerprint density at radius 1 is 1.17 bits per heavy atom. The Morgan fingerprint density at radius 2 is 1.90 bits per heavy atom. The minimum Gasteiger partial charge on any atom is -0.473 e. The largest absolute Gasteiger partial charge is 0.473 e. The highest BCUT2D eigenvalue weighted by atomic mass is 19.4. The van der Waals surface area contributed by atoms with Crippen molar-refractivity contribution in [2.75, 3.05) is 6.54 Å². The van der Waals surface area contributed by atoms with Crippen LogP contribution in [0.4, 0.5) is 17.6 Å². The van der Waals surface area contributed by atoms with Crippen LogP contribution < -0.4 is 10.1 Å². The summed E-state index contributed by atoms with van der Waals surface area (Å²) in [6.07, 6.45) is -3.44. The van der Waals surface area contributed by atoms with Gasteiger partial charge in [-0.1, -0.05) is 5.16 Å². The van der Waals surface area contributed by atoms with Crippen LogP contribution in [0.25, 0.3) is 11.3 Å². The number of carbonyl (C=O) groups excluding carboxylic acids is 1. The molecule has 2 aromatic heterocycles. The van der Waals surface area contributed by atoms with Crippen LogP contribution in [0.2, 0.25) is 0 Å². The predicted molar refractivity (Wildman–Crippen MR) is 94.8 cm³/mol. The number of nitrogens with zero attached hydrogens (tertiary/aromatic N) is 2. The average molecular weight is 425 g/mol. The van der Waals surface area contributed by atoms with Gasteiger partial charge in [-0.2, -0.15) is 13.2 Å². The molecule has 0 atom stereocenters. The average Bonchev–Trinajstić information content (AvgIpc) is 3.14. The summed E-state index contributed by atoms with van der Waals surface area (Å²) in [6.45, 7) is -2.01. The number of rotatable bonds is 7. The molecule has 1 amide bonds. The van der Waals surface area contributed by atoms with Crippen molar-refractivity contribution in [1.29, 1.82) is 0 Å². The lowest BCUT2D eigenvalue weighted by Crippen LogP contribution is -2.33. The standard InChI is InChI=1S/C19H15F4N3O4/c20-13-4-1-11(2-5-13)17-14(15(8-27)30-26-17)9-29-16-6-3-12(7-24-16)18(28)25-10-19(21,22)23/h1-7,27H,8-10H2,(H,25,28). The third kappa shape index (κ3) is 5.32. The second-order valence-electron chi connectivity index (χ2n) is 6.07. The zero-order valence-corrected chi connectivity index (χ0v) is 15.2. The summed E-state index contributed by atoms with van der Waals surface area (Å²) in [5.41, 5.74) is 1.24. The van der Waals surface area contributed by atoms with Gasteiger partial charge in [0.15, 0.2) is 5.76 Å². The Balaban J connectivity index is 1.69. The maximum Gasteiger partial charge on any atom is 0.405 e. The van der Waals surface area contributed by atoms with E-state index in [0.29, 0.717) is 16.8 Å². The van der Waals surface area contributed by atoms with E-state index >= 15 is 0 Å². The fraction of sp³-hybridized carbons (Fsp3) is 0.211. The normalized spacial score (nSPS) is 11.4. The number of carbonyl (C=O) groups is 1. The van der Waals surface area contributed by atoms with E-state index in [0.717, 1.165) is 6.20 Å². The number of aliphatic hydroxyl groups is 1.